The van der Waals surface area contributed by atoms with Crippen molar-refractivity contribution in [3.8, 4) is 17.2 Å². The Bertz CT molecular complexity index is 1050. The molecule has 0 radical (unpaired) electrons. The third-order valence-electron chi connectivity index (χ3n) is 3.92. The zero-order valence-electron chi connectivity index (χ0n) is 15.1. The van der Waals surface area contributed by atoms with Gasteiger partial charge in [-0.15, -0.1) is 0 Å². The molecule has 7 nitrogen and oxygen atoms in total. The van der Waals surface area contributed by atoms with Gasteiger partial charge in [-0.05, 0) is 24.3 Å². The second kappa shape index (κ2) is 8.13. The number of fused-ring (bicyclic) bond motifs is 1. The number of nitrogens with zero attached hydrogens (tertiary/aromatic N) is 2. The van der Waals surface area contributed by atoms with E-state index in [1.807, 2.05) is 0 Å². The highest BCUT2D eigenvalue weighted by atomic mass is 32.2. The average molecular weight is 386 g/mol. The van der Waals surface area contributed by atoms with Gasteiger partial charge in [0.25, 0.3) is 5.56 Å². The smallest absolute Gasteiger partial charge is 0.316 e. The molecule has 0 unspecified atom stereocenters. The lowest BCUT2D eigenvalue weighted by Gasteiger charge is -2.16. The summed E-state index contributed by atoms with van der Waals surface area (Å²) < 4.78 is 16.8. The van der Waals surface area contributed by atoms with E-state index in [2.05, 4.69) is 4.98 Å². The van der Waals surface area contributed by atoms with Crippen molar-refractivity contribution in [1.29, 1.82) is 0 Å². The second-order valence-electron chi connectivity index (χ2n) is 5.45. The molecular weight excluding hydrogens is 368 g/mol. The molecule has 3 aromatic rings. The number of ether oxygens (including phenoxy) is 3. The van der Waals surface area contributed by atoms with Gasteiger partial charge in [-0.2, -0.15) is 0 Å². The standard InChI is InChI=1S/C19H18N2O5S/c1-24-12-8-9-16(25-2)15(10-12)21-18(23)13-6-4-5-7-14(13)20-19(21)27-11-17(22)26-3/h4-10H,11H2,1-3H3. The van der Waals surface area contributed by atoms with Crippen LogP contribution in [-0.2, 0) is 9.53 Å². The Labute approximate surface area is 159 Å². The Hall–Kier alpha value is -3.00. The van der Waals surface area contributed by atoms with Crippen molar-refractivity contribution in [3.63, 3.8) is 0 Å². The zero-order valence-corrected chi connectivity index (χ0v) is 15.9. The largest absolute Gasteiger partial charge is 0.497 e. The molecule has 0 atom stereocenters. The van der Waals surface area contributed by atoms with Crippen molar-refractivity contribution < 1.29 is 19.0 Å². The Morgan fingerprint density at radius 3 is 2.59 bits per heavy atom. The van der Waals surface area contributed by atoms with E-state index in [1.54, 1.807) is 49.6 Å². The van der Waals surface area contributed by atoms with Gasteiger partial charge in [0.1, 0.15) is 11.5 Å². The Morgan fingerprint density at radius 2 is 1.89 bits per heavy atom. The van der Waals surface area contributed by atoms with Gasteiger partial charge in [0.05, 0.1) is 43.7 Å². The summed E-state index contributed by atoms with van der Waals surface area (Å²) in [4.78, 5) is 29.4. The van der Waals surface area contributed by atoms with E-state index >= 15 is 0 Å². The quantitative estimate of drug-likeness (QED) is 0.366. The Kier molecular flexibility index (Phi) is 5.66. The van der Waals surface area contributed by atoms with Gasteiger partial charge in [0.15, 0.2) is 5.16 Å². The highest BCUT2D eigenvalue weighted by Crippen LogP contribution is 2.30. The molecule has 0 aliphatic heterocycles. The van der Waals surface area contributed by atoms with E-state index in [1.165, 1.54) is 18.8 Å². The van der Waals surface area contributed by atoms with Crippen LogP contribution in [0.1, 0.15) is 0 Å². The third kappa shape index (κ3) is 3.75. The summed E-state index contributed by atoms with van der Waals surface area (Å²) in [5.41, 5.74) is 0.764. The van der Waals surface area contributed by atoms with E-state index in [0.29, 0.717) is 33.2 Å². The molecule has 0 aliphatic carbocycles. The molecule has 0 saturated heterocycles. The van der Waals surface area contributed by atoms with Crippen LogP contribution in [0, 0.1) is 0 Å². The molecule has 1 aromatic heterocycles. The van der Waals surface area contributed by atoms with Crippen LogP contribution in [-0.4, -0.2) is 42.6 Å². The zero-order chi connectivity index (χ0) is 19.4. The number of para-hydroxylation sites is 1. The fraction of sp³-hybridized carbons (Fsp3) is 0.211. The lowest BCUT2D eigenvalue weighted by Crippen LogP contribution is -2.23. The predicted molar refractivity (Wildman–Crippen MR) is 103 cm³/mol. The van der Waals surface area contributed by atoms with Crippen LogP contribution in [0.2, 0.25) is 0 Å². The molecule has 1 heterocycles. The maximum absolute atomic E-state index is 13.2. The van der Waals surface area contributed by atoms with Crippen LogP contribution in [0.3, 0.4) is 0 Å². The summed E-state index contributed by atoms with van der Waals surface area (Å²) in [6, 6.07) is 12.2. The molecule has 8 heteroatoms. The molecule has 0 N–H and O–H groups in total. The van der Waals surface area contributed by atoms with Gasteiger partial charge in [-0.25, -0.2) is 4.98 Å². The minimum absolute atomic E-state index is 0.0214. The minimum atomic E-state index is -0.411. The summed E-state index contributed by atoms with van der Waals surface area (Å²) in [7, 11) is 4.38. The summed E-state index contributed by atoms with van der Waals surface area (Å²) in [5, 5.41) is 0.820. The number of aromatic nitrogens is 2. The van der Waals surface area contributed by atoms with Crippen LogP contribution >= 0.6 is 11.8 Å². The first-order valence-corrected chi connectivity index (χ1v) is 9.01. The van der Waals surface area contributed by atoms with Gasteiger partial charge in [-0.1, -0.05) is 23.9 Å². The van der Waals surface area contributed by atoms with Gasteiger partial charge in [0, 0.05) is 6.07 Å². The molecule has 0 saturated carbocycles. The molecular formula is C19H18N2O5S. The average Bonchev–Trinajstić information content (AvgIpc) is 2.71. The summed E-state index contributed by atoms with van der Waals surface area (Å²) >= 11 is 1.12. The van der Waals surface area contributed by atoms with Crippen molar-refractivity contribution in [1.82, 2.24) is 9.55 Å². The van der Waals surface area contributed by atoms with Crippen molar-refractivity contribution in [2.75, 3.05) is 27.1 Å². The highest BCUT2D eigenvalue weighted by Gasteiger charge is 2.18. The highest BCUT2D eigenvalue weighted by molar-refractivity contribution is 7.99. The number of benzene rings is 2. The number of rotatable bonds is 6. The van der Waals surface area contributed by atoms with Crippen molar-refractivity contribution in [2.45, 2.75) is 5.16 Å². The number of thioether (sulfide) groups is 1. The fourth-order valence-corrected chi connectivity index (χ4v) is 3.41. The monoisotopic (exact) mass is 386 g/mol. The molecule has 0 spiro atoms. The Balaban J connectivity index is 2.28. The number of methoxy groups -OCH3 is 3. The molecule has 0 fully saturated rings. The predicted octanol–water partition coefficient (Wildman–Crippen LogP) is 2.67. The molecule has 140 valence electrons. The maximum atomic E-state index is 13.2. The molecule has 0 bridgehead atoms. The summed E-state index contributed by atoms with van der Waals surface area (Å²) in [6.07, 6.45) is 0. The van der Waals surface area contributed by atoms with Crippen LogP contribution in [0.15, 0.2) is 52.4 Å². The fourth-order valence-electron chi connectivity index (χ4n) is 2.58. The second-order valence-corrected chi connectivity index (χ2v) is 6.40. The first-order valence-electron chi connectivity index (χ1n) is 8.03. The van der Waals surface area contributed by atoms with E-state index in [-0.39, 0.29) is 11.3 Å². The number of carbonyl (C=O) groups excluding carboxylic acids is 1. The van der Waals surface area contributed by atoms with Crippen LogP contribution in [0.4, 0.5) is 0 Å². The molecule has 27 heavy (non-hydrogen) atoms. The molecule has 3 rings (SSSR count). The first kappa shape index (κ1) is 18.8. The lowest BCUT2D eigenvalue weighted by molar-refractivity contribution is -0.137. The van der Waals surface area contributed by atoms with Crippen molar-refractivity contribution in [2.24, 2.45) is 0 Å². The van der Waals surface area contributed by atoms with Gasteiger partial charge in [0.2, 0.25) is 0 Å². The molecule has 0 aliphatic rings. The van der Waals surface area contributed by atoms with E-state index in [0.717, 1.165) is 11.8 Å². The first-order chi connectivity index (χ1) is 13.1. The number of hydrogen-bond acceptors (Lipinski definition) is 7. The number of esters is 1. The van der Waals surface area contributed by atoms with E-state index in [9.17, 15) is 9.59 Å². The maximum Gasteiger partial charge on any atom is 0.316 e. The van der Waals surface area contributed by atoms with Crippen molar-refractivity contribution in [3.05, 3.63) is 52.8 Å². The number of hydrogen-bond donors (Lipinski definition) is 0. The van der Waals surface area contributed by atoms with Gasteiger partial charge in [-0.3, -0.25) is 14.2 Å². The van der Waals surface area contributed by atoms with Gasteiger partial charge >= 0.3 is 5.97 Å². The lowest BCUT2D eigenvalue weighted by atomic mass is 10.2. The van der Waals surface area contributed by atoms with E-state index in [4.69, 9.17) is 14.2 Å². The minimum Gasteiger partial charge on any atom is -0.497 e. The van der Waals surface area contributed by atoms with Crippen LogP contribution in [0.5, 0.6) is 11.5 Å². The van der Waals surface area contributed by atoms with Crippen molar-refractivity contribution >= 4 is 28.6 Å². The normalized spacial score (nSPS) is 10.6. The SMILES string of the molecule is COC(=O)CSc1nc2ccccc2c(=O)n1-c1cc(OC)ccc1OC. The molecule has 0 amide bonds. The summed E-state index contributed by atoms with van der Waals surface area (Å²) in [6.45, 7) is 0. The topological polar surface area (TPSA) is 79.7 Å². The van der Waals surface area contributed by atoms with Crippen LogP contribution < -0.4 is 15.0 Å². The van der Waals surface area contributed by atoms with Gasteiger partial charge < -0.3 is 14.2 Å². The van der Waals surface area contributed by atoms with E-state index < -0.39 is 5.97 Å². The summed E-state index contributed by atoms with van der Waals surface area (Å²) in [5.74, 6) is 0.657. The van der Waals surface area contributed by atoms with Crippen LogP contribution in [0.25, 0.3) is 16.6 Å². The molecule has 2 aromatic carbocycles. The third-order valence-corrected chi connectivity index (χ3v) is 4.83. The Morgan fingerprint density at radius 1 is 1.11 bits per heavy atom. The number of carbonyl (C=O) groups is 1.